The maximum atomic E-state index is 13.3. The molecular weight excluding hydrogens is 277 g/mol. The molecule has 20 heavy (non-hydrogen) atoms. The van der Waals surface area contributed by atoms with Crippen LogP contribution in [0.4, 0.5) is 10.2 Å². The van der Waals surface area contributed by atoms with Crippen LogP contribution in [0, 0.1) is 12.7 Å². The third-order valence-corrected chi connectivity index (χ3v) is 3.40. The van der Waals surface area contributed by atoms with Crippen molar-refractivity contribution in [2.24, 2.45) is 0 Å². The molecule has 0 bridgehead atoms. The molecule has 0 radical (unpaired) electrons. The molecule has 0 saturated carbocycles. The topological polar surface area (TPSA) is 37.8 Å². The van der Waals surface area contributed by atoms with Crippen LogP contribution < -0.4 is 5.32 Å². The van der Waals surface area contributed by atoms with Crippen molar-refractivity contribution < 1.29 is 4.39 Å². The summed E-state index contributed by atoms with van der Waals surface area (Å²) >= 11 is 5.86. The lowest BCUT2D eigenvalue weighted by Crippen LogP contribution is -2.06. The van der Waals surface area contributed by atoms with Crippen LogP contribution in [0.3, 0.4) is 0 Å². The molecule has 1 heterocycles. The van der Waals surface area contributed by atoms with Gasteiger partial charge in [0, 0.05) is 24.1 Å². The first-order valence-electron chi connectivity index (χ1n) is 6.45. The highest BCUT2D eigenvalue weighted by Crippen LogP contribution is 2.30. The van der Waals surface area contributed by atoms with Crippen molar-refractivity contribution in [2.75, 3.05) is 12.4 Å². The Morgan fingerprint density at radius 3 is 2.50 bits per heavy atom. The van der Waals surface area contributed by atoms with Gasteiger partial charge in [-0.05, 0) is 25.1 Å². The lowest BCUT2D eigenvalue weighted by Gasteiger charge is -2.14. The van der Waals surface area contributed by atoms with Crippen molar-refractivity contribution >= 4 is 17.4 Å². The summed E-state index contributed by atoms with van der Waals surface area (Å²) in [5.41, 5.74) is 2.48. The molecule has 2 aromatic rings. The van der Waals surface area contributed by atoms with Gasteiger partial charge in [-0.3, -0.25) is 0 Å². The number of halogens is 2. The van der Waals surface area contributed by atoms with E-state index in [4.69, 9.17) is 11.6 Å². The Morgan fingerprint density at radius 1 is 1.25 bits per heavy atom. The Balaban J connectivity index is 2.65. The molecule has 0 atom stereocenters. The van der Waals surface area contributed by atoms with Crippen LogP contribution in [-0.2, 0) is 0 Å². The van der Waals surface area contributed by atoms with E-state index in [0.29, 0.717) is 0 Å². The monoisotopic (exact) mass is 293 g/mol. The van der Waals surface area contributed by atoms with Gasteiger partial charge < -0.3 is 5.32 Å². The summed E-state index contributed by atoms with van der Waals surface area (Å²) < 4.78 is 13.3. The number of anilines is 1. The Hall–Kier alpha value is -1.68. The average Bonchev–Trinajstić information content (AvgIpc) is 2.42. The predicted molar refractivity (Wildman–Crippen MR) is 80.8 cm³/mol. The van der Waals surface area contributed by atoms with Crippen LogP contribution in [0.25, 0.3) is 11.3 Å². The molecule has 106 valence electrons. The van der Waals surface area contributed by atoms with Gasteiger partial charge in [-0.15, -0.1) is 0 Å². The number of hydrogen-bond acceptors (Lipinski definition) is 3. The highest BCUT2D eigenvalue weighted by molar-refractivity contribution is 6.31. The van der Waals surface area contributed by atoms with Crippen molar-refractivity contribution in [3.63, 3.8) is 0 Å². The zero-order chi connectivity index (χ0) is 14.9. The van der Waals surface area contributed by atoms with Crippen molar-refractivity contribution in [3.8, 4) is 11.3 Å². The Bertz CT molecular complexity index is 641. The molecule has 5 heteroatoms. The first-order valence-corrected chi connectivity index (χ1v) is 6.83. The third kappa shape index (κ3) is 2.75. The summed E-state index contributed by atoms with van der Waals surface area (Å²) in [5.74, 6) is 1.30. The van der Waals surface area contributed by atoms with Crippen molar-refractivity contribution in [1.82, 2.24) is 9.97 Å². The molecule has 0 unspecified atom stereocenters. The van der Waals surface area contributed by atoms with Crippen LogP contribution in [0.5, 0.6) is 0 Å². The standard InChI is InChI=1S/C15H17ClFN3/c1-8(2)14-19-13(9(3)15(18-4)20-14)10-5-6-12(17)11(16)7-10/h5-8H,1-4H3,(H,18,19,20). The number of rotatable bonds is 3. The largest absolute Gasteiger partial charge is 0.373 e. The maximum Gasteiger partial charge on any atom is 0.141 e. The maximum absolute atomic E-state index is 13.3. The van der Waals surface area contributed by atoms with Crippen LogP contribution in [-0.4, -0.2) is 17.0 Å². The lowest BCUT2D eigenvalue weighted by molar-refractivity contribution is 0.628. The smallest absolute Gasteiger partial charge is 0.141 e. The second-order valence-corrected chi connectivity index (χ2v) is 5.34. The van der Waals surface area contributed by atoms with E-state index in [9.17, 15) is 4.39 Å². The van der Waals surface area contributed by atoms with Gasteiger partial charge in [-0.1, -0.05) is 25.4 Å². The summed E-state index contributed by atoms with van der Waals surface area (Å²) in [4.78, 5) is 9.08. The molecule has 0 aliphatic rings. The average molecular weight is 294 g/mol. The van der Waals surface area contributed by atoms with E-state index < -0.39 is 5.82 Å². The first-order chi connectivity index (χ1) is 9.43. The fourth-order valence-electron chi connectivity index (χ4n) is 1.96. The summed E-state index contributed by atoms with van der Waals surface area (Å²) in [5, 5.41) is 3.16. The van der Waals surface area contributed by atoms with Crippen LogP contribution in [0.2, 0.25) is 5.02 Å². The molecule has 0 spiro atoms. The van der Waals surface area contributed by atoms with E-state index in [0.717, 1.165) is 28.5 Å². The summed E-state index contributed by atoms with van der Waals surface area (Å²) in [6.07, 6.45) is 0. The lowest BCUT2D eigenvalue weighted by atomic mass is 10.1. The molecule has 0 amide bonds. The molecule has 3 nitrogen and oxygen atoms in total. The van der Waals surface area contributed by atoms with Crippen molar-refractivity contribution in [1.29, 1.82) is 0 Å². The van der Waals surface area contributed by atoms with Crippen LogP contribution in [0.1, 0.15) is 31.2 Å². The second kappa shape index (κ2) is 5.75. The van der Waals surface area contributed by atoms with Gasteiger partial charge in [0.2, 0.25) is 0 Å². The van der Waals surface area contributed by atoms with E-state index in [1.165, 1.54) is 6.07 Å². The number of benzene rings is 1. The van der Waals surface area contributed by atoms with E-state index in [1.807, 2.05) is 27.8 Å². The molecular formula is C15H17ClFN3. The number of hydrogen-bond donors (Lipinski definition) is 1. The Labute approximate surface area is 123 Å². The Kier molecular flexibility index (Phi) is 4.23. The van der Waals surface area contributed by atoms with E-state index >= 15 is 0 Å². The number of aromatic nitrogens is 2. The van der Waals surface area contributed by atoms with Gasteiger partial charge in [0.25, 0.3) is 0 Å². The summed E-state index contributed by atoms with van der Waals surface area (Å²) in [7, 11) is 1.82. The molecule has 1 aromatic carbocycles. The van der Waals surface area contributed by atoms with Crippen LogP contribution in [0.15, 0.2) is 18.2 Å². The van der Waals surface area contributed by atoms with Gasteiger partial charge in [-0.25, -0.2) is 14.4 Å². The Morgan fingerprint density at radius 2 is 1.95 bits per heavy atom. The third-order valence-electron chi connectivity index (χ3n) is 3.11. The summed E-state index contributed by atoms with van der Waals surface area (Å²) in [6.45, 7) is 6.00. The minimum Gasteiger partial charge on any atom is -0.373 e. The van der Waals surface area contributed by atoms with Gasteiger partial charge in [0.1, 0.15) is 17.5 Å². The molecule has 0 aliphatic carbocycles. The molecule has 2 rings (SSSR count). The minimum atomic E-state index is -0.431. The predicted octanol–water partition coefficient (Wildman–Crippen LogP) is 4.41. The quantitative estimate of drug-likeness (QED) is 0.911. The fraction of sp³-hybridized carbons (Fsp3) is 0.333. The van der Waals surface area contributed by atoms with Crippen molar-refractivity contribution in [3.05, 3.63) is 40.4 Å². The number of nitrogens with one attached hydrogen (secondary N) is 1. The second-order valence-electron chi connectivity index (χ2n) is 4.94. The SMILES string of the molecule is CNc1nc(C(C)C)nc(-c2ccc(F)c(Cl)c2)c1C. The summed E-state index contributed by atoms with van der Waals surface area (Å²) in [6, 6.07) is 4.63. The van der Waals surface area contributed by atoms with E-state index in [1.54, 1.807) is 12.1 Å². The zero-order valence-corrected chi connectivity index (χ0v) is 12.7. The number of nitrogens with zero attached hydrogens (tertiary/aromatic N) is 2. The zero-order valence-electron chi connectivity index (χ0n) is 12.0. The van der Waals surface area contributed by atoms with E-state index in [-0.39, 0.29) is 10.9 Å². The van der Waals surface area contributed by atoms with Gasteiger partial charge in [0.15, 0.2) is 0 Å². The normalized spacial score (nSPS) is 10.9. The highest BCUT2D eigenvalue weighted by Gasteiger charge is 2.14. The first kappa shape index (κ1) is 14.7. The minimum absolute atomic E-state index is 0.0950. The molecule has 0 aliphatic heterocycles. The molecule has 1 N–H and O–H groups in total. The van der Waals surface area contributed by atoms with Gasteiger partial charge in [-0.2, -0.15) is 0 Å². The van der Waals surface area contributed by atoms with Crippen molar-refractivity contribution in [2.45, 2.75) is 26.7 Å². The van der Waals surface area contributed by atoms with Crippen LogP contribution >= 0.6 is 11.6 Å². The van der Waals surface area contributed by atoms with Gasteiger partial charge in [0.05, 0.1) is 10.7 Å². The fourth-order valence-corrected chi connectivity index (χ4v) is 2.14. The molecule has 0 saturated heterocycles. The highest BCUT2D eigenvalue weighted by atomic mass is 35.5. The molecule has 0 fully saturated rings. The molecule has 1 aromatic heterocycles. The van der Waals surface area contributed by atoms with Gasteiger partial charge >= 0.3 is 0 Å². The van der Waals surface area contributed by atoms with E-state index in [2.05, 4.69) is 15.3 Å².